The Kier molecular flexibility index (Phi) is 5.39. The number of nitrogens with two attached hydrogens (primary N) is 1. The summed E-state index contributed by atoms with van der Waals surface area (Å²) in [5.41, 5.74) is 6.68. The normalized spacial score (nSPS) is 16.2. The van der Waals surface area contributed by atoms with Gasteiger partial charge in [-0.05, 0) is 51.2 Å². The summed E-state index contributed by atoms with van der Waals surface area (Å²) in [7, 11) is 0. The zero-order valence-electron chi connectivity index (χ0n) is 12.9. The minimum absolute atomic E-state index is 0.0505. The second kappa shape index (κ2) is 7.07. The van der Waals surface area contributed by atoms with Gasteiger partial charge in [0.2, 0.25) is 11.8 Å². The summed E-state index contributed by atoms with van der Waals surface area (Å²) in [6.07, 6.45) is 3.88. The fourth-order valence-electron chi connectivity index (χ4n) is 2.93. The summed E-state index contributed by atoms with van der Waals surface area (Å²) in [6.45, 7) is 5.60. The molecule has 21 heavy (non-hydrogen) atoms. The number of primary amides is 1. The number of amides is 2. The number of likely N-dealkylation sites (tertiary alicyclic amines) is 1. The number of aryl methyl sites for hydroxylation is 3. The van der Waals surface area contributed by atoms with Crippen molar-refractivity contribution in [1.29, 1.82) is 0 Å². The van der Waals surface area contributed by atoms with E-state index >= 15 is 0 Å². The third kappa shape index (κ3) is 4.30. The van der Waals surface area contributed by atoms with Gasteiger partial charge in [0.15, 0.2) is 0 Å². The number of rotatable bonds is 5. The molecule has 1 aliphatic rings. The van der Waals surface area contributed by atoms with Crippen molar-refractivity contribution in [2.75, 3.05) is 13.1 Å². The van der Waals surface area contributed by atoms with E-state index in [9.17, 15) is 9.59 Å². The first-order valence-corrected chi connectivity index (χ1v) is 8.42. The fraction of sp³-hybridized carbons (Fsp3) is 0.625. The maximum absolute atomic E-state index is 12.2. The largest absolute Gasteiger partial charge is 0.369 e. The summed E-state index contributed by atoms with van der Waals surface area (Å²) in [6, 6.07) is 2.23. The highest BCUT2D eigenvalue weighted by Gasteiger charge is 2.25. The summed E-state index contributed by atoms with van der Waals surface area (Å²) in [5, 5.41) is 0. The van der Waals surface area contributed by atoms with E-state index in [-0.39, 0.29) is 17.7 Å². The van der Waals surface area contributed by atoms with Gasteiger partial charge in [-0.3, -0.25) is 9.59 Å². The van der Waals surface area contributed by atoms with Crippen LogP contribution in [0.5, 0.6) is 0 Å². The molecule has 2 rings (SSSR count). The van der Waals surface area contributed by atoms with Gasteiger partial charge in [0.25, 0.3) is 0 Å². The maximum Gasteiger partial charge on any atom is 0.222 e. The van der Waals surface area contributed by atoms with Crippen LogP contribution in [0.4, 0.5) is 0 Å². The molecular weight excluding hydrogens is 284 g/mol. The first kappa shape index (κ1) is 16.0. The zero-order chi connectivity index (χ0) is 15.4. The summed E-state index contributed by atoms with van der Waals surface area (Å²) in [4.78, 5) is 27.9. The van der Waals surface area contributed by atoms with E-state index in [1.54, 1.807) is 0 Å². The van der Waals surface area contributed by atoms with Crippen molar-refractivity contribution in [3.05, 3.63) is 21.4 Å². The molecular formula is C16H24N2O2S. The fourth-order valence-corrected chi connectivity index (χ4v) is 3.91. The molecule has 2 N–H and O–H groups in total. The van der Waals surface area contributed by atoms with Crippen LogP contribution in [0.15, 0.2) is 6.07 Å². The van der Waals surface area contributed by atoms with Crippen LogP contribution >= 0.6 is 11.3 Å². The monoisotopic (exact) mass is 308 g/mol. The molecule has 2 heterocycles. The quantitative estimate of drug-likeness (QED) is 0.908. The van der Waals surface area contributed by atoms with Gasteiger partial charge < -0.3 is 10.6 Å². The lowest BCUT2D eigenvalue weighted by atomic mass is 9.96. The second-order valence-corrected chi connectivity index (χ2v) is 7.31. The Balaban J connectivity index is 1.73. The Morgan fingerprint density at radius 3 is 2.52 bits per heavy atom. The standard InChI is InChI=1S/C16H24N2O2S/c1-11-10-14(12(2)21-11)4-3-5-15(19)18-8-6-13(7-9-18)16(17)20/h10,13H,3-9H2,1-2H3,(H2,17,20). The Labute approximate surface area is 130 Å². The molecule has 0 unspecified atom stereocenters. The molecule has 0 saturated carbocycles. The van der Waals surface area contributed by atoms with Gasteiger partial charge in [0.05, 0.1) is 0 Å². The molecule has 4 nitrogen and oxygen atoms in total. The highest BCUT2D eigenvalue weighted by molar-refractivity contribution is 7.12. The minimum Gasteiger partial charge on any atom is -0.369 e. The van der Waals surface area contributed by atoms with Gasteiger partial charge in [0.1, 0.15) is 0 Å². The average Bonchev–Trinajstić information content (AvgIpc) is 2.77. The Morgan fingerprint density at radius 1 is 1.33 bits per heavy atom. The van der Waals surface area contributed by atoms with E-state index in [2.05, 4.69) is 19.9 Å². The van der Waals surface area contributed by atoms with Crippen LogP contribution in [-0.2, 0) is 16.0 Å². The highest BCUT2D eigenvalue weighted by atomic mass is 32.1. The smallest absolute Gasteiger partial charge is 0.222 e. The molecule has 0 spiro atoms. The summed E-state index contributed by atoms with van der Waals surface area (Å²) >= 11 is 1.82. The number of piperidine rings is 1. The van der Waals surface area contributed by atoms with Crippen molar-refractivity contribution in [3.8, 4) is 0 Å². The molecule has 0 radical (unpaired) electrons. The van der Waals surface area contributed by atoms with Gasteiger partial charge in [-0.2, -0.15) is 0 Å². The maximum atomic E-state index is 12.2. The topological polar surface area (TPSA) is 63.4 Å². The lowest BCUT2D eigenvalue weighted by Gasteiger charge is -2.30. The van der Waals surface area contributed by atoms with Crippen molar-refractivity contribution in [1.82, 2.24) is 4.90 Å². The molecule has 1 fully saturated rings. The molecule has 0 bridgehead atoms. The predicted octanol–water partition coefficient (Wildman–Crippen LogP) is 2.41. The Hall–Kier alpha value is -1.36. The van der Waals surface area contributed by atoms with Crippen molar-refractivity contribution in [3.63, 3.8) is 0 Å². The van der Waals surface area contributed by atoms with E-state index in [1.165, 1.54) is 15.3 Å². The third-order valence-electron chi connectivity index (χ3n) is 4.23. The van der Waals surface area contributed by atoms with Crippen LogP contribution in [0.3, 0.4) is 0 Å². The number of nitrogens with zero attached hydrogens (tertiary/aromatic N) is 1. The average molecular weight is 308 g/mol. The summed E-state index contributed by atoms with van der Waals surface area (Å²) < 4.78 is 0. The molecule has 1 aliphatic heterocycles. The molecule has 2 amide bonds. The van der Waals surface area contributed by atoms with E-state index in [0.29, 0.717) is 32.4 Å². The van der Waals surface area contributed by atoms with Crippen LogP contribution < -0.4 is 5.73 Å². The lowest BCUT2D eigenvalue weighted by Crippen LogP contribution is -2.41. The second-order valence-electron chi connectivity index (χ2n) is 5.85. The Bertz CT molecular complexity index is 516. The number of hydrogen-bond donors (Lipinski definition) is 1. The van der Waals surface area contributed by atoms with Gasteiger partial charge in [0, 0.05) is 35.2 Å². The minimum atomic E-state index is -0.231. The van der Waals surface area contributed by atoms with Crippen LogP contribution in [-0.4, -0.2) is 29.8 Å². The lowest BCUT2D eigenvalue weighted by molar-refractivity contribution is -0.134. The number of carbonyl (C=O) groups is 2. The molecule has 1 aromatic heterocycles. The third-order valence-corrected chi connectivity index (χ3v) is 5.24. The SMILES string of the molecule is Cc1cc(CCCC(=O)N2CCC(C(N)=O)CC2)c(C)s1. The van der Waals surface area contributed by atoms with Crippen LogP contribution in [0.2, 0.25) is 0 Å². The number of hydrogen-bond acceptors (Lipinski definition) is 3. The van der Waals surface area contributed by atoms with E-state index in [4.69, 9.17) is 5.73 Å². The first-order valence-electron chi connectivity index (χ1n) is 7.60. The molecule has 1 aromatic rings. The number of carbonyl (C=O) groups excluding carboxylic acids is 2. The van der Waals surface area contributed by atoms with Crippen molar-refractivity contribution < 1.29 is 9.59 Å². The van der Waals surface area contributed by atoms with Crippen LogP contribution in [0.1, 0.15) is 41.0 Å². The van der Waals surface area contributed by atoms with Gasteiger partial charge in [-0.25, -0.2) is 0 Å². The summed E-state index contributed by atoms with van der Waals surface area (Å²) in [5.74, 6) is -0.0709. The van der Waals surface area contributed by atoms with E-state index in [0.717, 1.165) is 12.8 Å². The van der Waals surface area contributed by atoms with Gasteiger partial charge in [-0.15, -0.1) is 11.3 Å². The molecule has 116 valence electrons. The predicted molar refractivity (Wildman–Crippen MR) is 85.2 cm³/mol. The van der Waals surface area contributed by atoms with Gasteiger partial charge in [-0.1, -0.05) is 0 Å². The first-order chi connectivity index (χ1) is 9.97. The van der Waals surface area contributed by atoms with E-state index in [1.807, 2.05) is 16.2 Å². The van der Waals surface area contributed by atoms with Gasteiger partial charge >= 0.3 is 0 Å². The van der Waals surface area contributed by atoms with Crippen LogP contribution in [0, 0.1) is 19.8 Å². The van der Waals surface area contributed by atoms with Crippen molar-refractivity contribution in [2.24, 2.45) is 11.7 Å². The zero-order valence-corrected chi connectivity index (χ0v) is 13.7. The molecule has 0 aromatic carbocycles. The molecule has 5 heteroatoms. The van der Waals surface area contributed by atoms with Crippen LogP contribution in [0.25, 0.3) is 0 Å². The van der Waals surface area contributed by atoms with Crippen molar-refractivity contribution in [2.45, 2.75) is 46.0 Å². The number of thiophene rings is 1. The molecule has 1 saturated heterocycles. The molecule has 0 atom stereocenters. The molecule has 0 aliphatic carbocycles. The van der Waals surface area contributed by atoms with Crippen molar-refractivity contribution >= 4 is 23.2 Å². The van der Waals surface area contributed by atoms with E-state index < -0.39 is 0 Å². The highest BCUT2D eigenvalue weighted by Crippen LogP contribution is 2.23. The Morgan fingerprint density at radius 2 is 2.00 bits per heavy atom.